The van der Waals surface area contributed by atoms with Crippen LogP contribution in [0.15, 0.2) is 29.6 Å². The lowest BCUT2D eigenvalue weighted by Gasteiger charge is -2.19. The molecule has 146 valence electrons. The van der Waals surface area contributed by atoms with Gasteiger partial charge >= 0.3 is 18.3 Å². The summed E-state index contributed by atoms with van der Waals surface area (Å²) in [5.41, 5.74) is -4.31. The Morgan fingerprint density at radius 2 is 1.74 bits per heavy atom. The van der Waals surface area contributed by atoms with Crippen molar-refractivity contribution in [3.63, 3.8) is 0 Å². The molecule has 1 N–H and O–H groups in total. The van der Waals surface area contributed by atoms with Crippen LogP contribution in [0.2, 0.25) is 0 Å². The van der Waals surface area contributed by atoms with Crippen LogP contribution in [0.25, 0.3) is 16.9 Å². The number of nitrogens with zero attached hydrogens (tertiary/aromatic N) is 4. The smallest absolute Gasteiger partial charge is 0.320 e. The summed E-state index contributed by atoms with van der Waals surface area (Å²) in [5, 5.41) is 3.21. The van der Waals surface area contributed by atoms with Gasteiger partial charge in [0.15, 0.2) is 0 Å². The number of aromatic nitrogens is 5. The van der Waals surface area contributed by atoms with E-state index in [0.29, 0.717) is 12.4 Å². The number of fused-ring (bicyclic) bond motifs is 1. The van der Waals surface area contributed by atoms with Crippen LogP contribution in [0, 0.1) is 0 Å². The molecule has 3 rings (SSSR count). The van der Waals surface area contributed by atoms with Crippen LogP contribution in [-0.2, 0) is 12.7 Å². The van der Waals surface area contributed by atoms with Gasteiger partial charge in [-0.25, -0.2) is 4.98 Å². The molecule has 3 aromatic rings. The molecule has 0 aliphatic carbocycles. The number of halogens is 8. The molecule has 3 heterocycles. The molecule has 6 nitrogen and oxygen atoms in total. The average molecular weight is 401 g/mol. The van der Waals surface area contributed by atoms with E-state index in [1.54, 1.807) is 0 Å². The lowest BCUT2D eigenvalue weighted by atomic mass is 10.1. The first kappa shape index (κ1) is 18.8. The van der Waals surface area contributed by atoms with Gasteiger partial charge in [0.1, 0.15) is 12.2 Å². The molecule has 3 aromatic heterocycles. The monoisotopic (exact) mass is 401 g/mol. The van der Waals surface area contributed by atoms with Gasteiger partial charge in [-0.05, 0) is 0 Å². The molecule has 0 spiro atoms. The number of rotatable bonds is 3. The molecule has 0 atom stereocenters. The van der Waals surface area contributed by atoms with Gasteiger partial charge < -0.3 is 4.98 Å². The fraction of sp³-hybridized carbons (Fsp3) is 0.308. The van der Waals surface area contributed by atoms with Crippen LogP contribution in [0.3, 0.4) is 0 Å². The predicted molar refractivity (Wildman–Crippen MR) is 73.0 cm³/mol. The minimum absolute atomic E-state index is 0.112. The van der Waals surface area contributed by atoms with Crippen molar-refractivity contribution in [2.24, 2.45) is 0 Å². The van der Waals surface area contributed by atoms with Crippen molar-refractivity contribution in [2.45, 2.75) is 24.8 Å². The van der Waals surface area contributed by atoms with Crippen molar-refractivity contribution >= 4 is 5.78 Å². The van der Waals surface area contributed by atoms with Gasteiger partial charge in [0.2, 0.25) is 5.78 Å². The number of hydrogen-bond acceptors (Lipinski definition) is 3. The standard InChI is InChI=1S/C13H7F8N5O/c14-11(15,13(19,20)21)5-25-4-6(3-23-25)7-8(12(16,17)18)24-10-22-1-2-26(10)9(7)27/h1-4H,5H2,(H,22,24). The van der Waals surface area contributed by atoms with Gasteiger partial charge in [0.05, 0.1) is 11.8 Å². The van der Waals surface area contributed by atoms with Gasteiger partial charge in [-0.3, -0.25) is 13.9 Å². The van der Waals surface area contributed by atoms with Crippen molar-refractivity contribution in [3.8, 4) is 11.1 Å². The van der Waals surface area contributed by atoms with Gasteiger partial charge in [0, 0.05) is 24.2 Å². The Labute approximate surface area is 143 Å². The summed E-state index contributed by atoms with van der Waals surface area (Å²) in [6.45, 7) is -1.96. The number of alkyl halides is 8. The molecule has 0 aliphatic heterocycles. The zero-order valence-corrected chi connectivity index (χ0v) is 12.7. The van der Waals surface area contributed by atoms with E-state index in [1.807, 2.05) is 4.98 Å². The van der Waals surface area contributed by atoms with E-state index in [4.69, 9.17) is 0 Å². The molecule has 14 heteroatoms. The quantitative estimate of drug-likeness (QED) is 0.686. The molecule has 0 radical (unpaired) electrons. The predicted octanol–water partition coefficient (Wildman–Crippen LogP) is 3.10. The van der Waals surface area contributed by atoms with Crippen molar-refractivity contribution in [1.82, 2.24) is 24.1 Å². The lowest BCUT2D eigenvalue weighted by Crippen LogP contribution is -2.40. The van der Waals surface area contributed by atoms with Crippen molar-refractivity contribution in [1.29, 1.82) is 0 Å². The van der Waals surface area contributed by atoms with E-state index in [-0.39, 0.29) is 4.68 Å². The minimum Gasteiger partial charge on any atom is -0.320 e. The SMILES string of the molecule is O=c1c(-c2cnn(CC(F)(F)C(F)(F)F)c2)c(C(F)(F)F)[nH]c2nccn12. The van der Waals surface area contributed by atoms with Crippen molar-refractivity contribution in [3.05, 3.63) is 40.8 Å². The number of hydrogen-bond donors (Lipinski definition) is 1. The summed E-state index contributed by atoms with van der Waals surface area (Å²) in [4.78, 5) is 17.8. The summed E-state index contributed by atoms with van der Waals surface area (Å²) in [6.07, 6.45) is -7.73. The Bertz CT molecular complexity index is 1040. The molecule has 27 heavy (non-hydrogen) atoms. The van der Waals surface area contributed by atoms with E-state index >= 15 is 0 Å². The number of H-pyrrole nitrogens is 1. The second-order valence-corrected chi connectivity index (χ2v) is 5.43. The molecule has 0 bridgehead atoms. The Hall–Kier alpha value is -2.93. The molecule has 0 aliphatic rings. The van der Waals surface area contributed by atoms with Crippen LogP contribution in [-0.4, -0.2) is 36.2 Å². The summed E-state index contributed by atoms with van der Waals surface area (Å²) < 4.78 is 104. The third kappa shape index (κ3) is 3.26. The van der Waals surface area contributed by atoms with Crippen molar-refractivity contribution in [2.75, 3.05) is 0 Å². The summed E-state index contributed by atoms with van der Waals surface area (Å²) in [6, 6.07) is 0. The van der Waals surface area contributed by atoms with Gasteiger partial charge in [-0.15, -0.1) is 0 Å². The maximum atomic E-state index is 13.3. The molecule has 0 unspecified atom stereocenters. The van der Waals surface area contributed by atoms with E-state index in [1.165, 1.54) is 0 Å². The molecule has 0 fully saturated rings. The van der Waals surface area contributed by atoms with Gasteiger partial charge in [0.25, 0.3) is 5.56 Å². The first-order valence-electron chi connectivity index (χ1n) is 6.95. The van der Waals surface area contributed by atoms with Crippen LogP contribution in [0.4, 0.5) is 35.1 Å². The Morgan fingerprint density at radius 3 is 2.33 bits per heavy atom. The highest BCUT2D eigenvalue weighted by atomic mass is 19.4. The van der Waals surface area contributed by atoms with Crippen LogP contribution < -0.4 is 5.56 Å². The van der Waals surface area contributed by atoms with Gasteiger partial charge in [-0.2, -0.15) is 40.2 Å². The third-order valence-electron chi connectivity index (χ3n) is 3.54. The molecular weight excluding hydrogens is 394 g/mol. The zero-order chi connectivity index (χ0) is 20.2. The highest BCUT2D eigenvalue weighted by molar-refractivity contribution is 5.65. The fourth-order valence-electron chi connectivity index (χ4n) is 2.31. The van der Waals surface area contributed by atoms with E-state index < -0.39 is 53.0 Å². The molecule has 0 saturated heterocycles. The van der Waals surface area contributed by atoms with E-state index in [0.717, 1.165) is 16.8 Å². The number of aromatic amines is 1. The largest absolute Gasteiger partial charge is 0.455 e. The van der Waals surface area contributed by atoms with E-state index in [2.05, 4.69) is 10.1 Å². The van der Waals surface area contributed by atoms with Crippen molar-refractivity contribution < 1.29 is 35.1 Å². The third-order valence-corrected chi connectivity index (χ3v) is 3.54. The second-order valence-electron chi connectivity index (χ2n) is 5.43. The maximum absolute atomic E-state index is 13.3. The summed E-state index contributed by atoms with van der Waals surface area (Å²) in [5.74, 6) is -5.59. The number of imidazole rings is 1. The Morgan fingerprint density at radius 1 is 1.07 bits per heavy atom. The second kappa shape index (κ2) is 5.79. The summed E-state index contributed by atoms with van der Waals surface area (Å²) in [7, 11) is 0. The zero-order valence-electron chi connectivity index (χ0n) is 12.7. The fourth-order valence-corrected chi connectivity index (χ4v) is 2.31. The topological polar surface area (TPSA) is 68.0 Å². The maximum Gasteiger partial charge on any atom is 0.455 e. The average Bonchev–Trinajstić information content (AvgIpc) is 3.13. The summed E-state index contributed by atoms with van der Waals surface area (Å²) >= 11 is 0. The van der Waals surface area contributed by atoms with Crippen LogP contribution >= 0.6 is 0 Å². The van der Waals surface area contributed by atoms with E-state index in [9.17, 15) is 39.9 Å². The first-order valence-corrected chi connectivity index (χ1v) is 6.95. The Kier molecular flexibility index (Phi) is 4.04. The molecular formula is C13H7F8N5O. The first-order chi connectivity index (χ1) is 12.3. The normalized spacial score (nSPS) is 13.5. The minimum atomic E-state index is -5.87. The van der Waals surface area contributed by atoms with Crippen LogP contribution in [0.5, 0.6) is 0 Å². The highest BCUT2D eigenvalue weighted by Crippen LogP contribution is 2.37. The van der Waals surface area contributed by atoms with Gasteiger partial charge in [-0.1, -0.05) is 0 Å². The Balaban J connectivity index is 2.13. The van der Waals surface area contributed by atoms with Crippen LogP contribution in [0.1, 0.15) is 5.69 Å². The highest BCUT2D eigenvalue weighted by Gasteiger charge is 2.57. The molecule has 0 amide bonds. The number of nitrogens with one attached hydrogen (secondary N) is 1. The molecule has 0 aromatic carbocycles. The lowest BCUT2D eigenvalue weighted by molar-refractivity contribution is -0.287. The molecule has 0 saturated carbocycles.